The molecule has 0 fully saturated rings. The van der Waals surface area contributed by atoms with E-state index in [9.17, 15) is 13.6 Å². The van der Waals surface area contributed by atoms with Crippen molar-refractivity contribution >= 4 is 21.6 Å². The van der Waals surface area contributed by atoms with Crippen LogP contribution in [0.25, 0.3) is 0 Å². The second-order valence-corrected chi connectivity index (χ2v) is 4.93. The Morgan fingerprint density at radius 1 is 1.43 bits per heavy atom. The topological polar surface area (TPSA) is 56.1 Å². The van der Waals surface area contributed by atoms with Gasteiger partial charge in [0.15, 0.2) is 0 Å². The maximum atomic E-state index is 12.3. The highest BCUT2D eigenvalue weighted by Crippen LogP contribution is 2.23. The third kappa shape index (κ3) is 3.78. The number of anilines is 1. The quantitative estimate of drug-likeness (QED) is 0.891. The molecule has 0 unspecified atom stereocenters. The van der Waals surface area contributed by atoms with Gasteiger partial charge in [-0.05, 0) is 22.0 Å². The summed E-state index contributed by atoms with van der Waals surface area (Å²) in [6.45, 7) is -2.67. The van der Waals surface area contributed by atoms with Crippen molar-refractivity contribution in [2.75, 3.05) is 5.32 Å². The summed E-state index contributed by atoms with van der Waals surface area (Å²) in [6.07, 6.45) is 1.47. The molecule has 0 atom stereocenters. The van der Waals surface area contributed by atoms with E-state index in [1.165, 1.54) is 24.0 Å². The van der Waals surface area contributed by atoms with Crippen LogP contribution in [0.5, 0.6) is 5.75 Å². The van der Waals surface area contributed by atoms with Crippen molar-refractivity contribution in [3.63, 3.8) is 0 Å². The lowest BCUT2D eigenvalue weighted by Crippen LogP contribution is -2.21. The van der Waals surface area contributed by atoms with Crippen LogP contribution >= 0.6 is 15.9 Å². The van der Waals surface area contributed by atoms with Gasteiger partial charge in [-0.3, -0.25) is 4.79 Å². The highest BCUT2D eigenvalue weighted by Gasteiger charge is 2.10. The first kappa shape index (κ1) is 15.4. The van der Waals surface area contributed by atoms with Crippen LogP contribution in [0.15, 0.2) is 39.7 Å². The second-order valence-electron chi connectivity index (χ2n) is 4.14. The van der Waals surface area contributed by atoms with Crippen molar-refractivity contribution in [3.8, 4) is 5.75 Å². The molecule has 21 heavy (non-hydrogen) atoms. The Labute approximate surface area is 127 Å². The van der Waals surface area contributed by atoms with Gasteiger partial charge in [0, 0.05) is 19.2 Å². The standard InChI is InChI=1S/C13H12BrF2N3O2/c1-19-12(20)11(14)9(7-18-19)17-6-8-4-2-3-5-10(8)21-13(15)16/h2-5,7,13,17H,6H2,1H3. The number of ether oxygens (including phenoxy) is 1. The number of benzene rings is 1. The predicted molar refractivity (Wildman–Crippen MR) is 77.6 cm³/mol. The molecule has 8 heteroatoms. The van der Waals surface area contributed by atoms with Crippen molar-refractivity contribution in [1.29, 1.82) is 0 Å². The molecule has 1 aromatic carbocycles. The number of hydrogen-bond acceptors (Lipinski definition) is 4. The number of halogens is 3. The molecule has 1 heterocycles. The molecular formula is C13H12BrF2N3O2. The number of nitrogens with one attached hydrogen (secondary N) is 1. The summed E-state index contributed by atoms with van der Waals surface area (Å²) in [5, 5.41) is 6.85. The molecule has 0 aliphatic rings. The van der Waals surface area contributed by atoms with Gasteiger partial charge in [0.05, 0.1) is 11.9 Å². The second kappa shape index (κ2) is 6.66. The molecule has 2 aromatic rings. The van der Waals surface area contributed by atoms with Crippen molar-refractivity contribution in [2.24, 2.45) is 7.05 Å². The Hall–Kier alpha value is -1.96. The van der Waals surface area contributed by atoms with Gasteiger partial charge in [0.2, 0.25) is 0 Å². The lowest BCUT2D eigenvalue weighted by Gasteiger charge is -2.12. The minimum atomic E-state index is -2.89. The van der Waals surface area contributed by atoms with Gasteiger partial charge in [-0.2, -0.15) is 13.9 Å². The molecule has 2 rings (SSSR count). The van der Waals surface area contributed by atoms with Crippen LogP contribution < -0.4 is 15.6 Å². The molecular weight excluding hydrogens is 348 g/mol. The van der Waals surface area contributed by atoms with Crippen molar-refractivity contribution in [2.45, 2.75) is 13.2 Å². The van der Waals surface area contributed by atoms with E-state index in [-0.39, 0.29) is 17.9 Å². The molecule has 0 aliphatic carbocycles. The zero-order chi connectivity index (χ0) is 15.4. The number of para-hydroxylation sites is 1. The number of aryl methyl sites for hydroxylation is 1. The zero-order valence-corrected chi connectivity index (χ0v) is 12.6. The lowest BCUT2D eigenvalue weighted by molar-refractivity contribution is -0.0504. The minimum absolute atomic E-state index is 0.0907. The van der Waals surface area contributed by atoms with E-state index in [1.807, 2.05) is 0 Å². The van der Waals surface area contributed by atoms with E-state index >= 15 is 0 Å². The minimum Gasteiger partial charge on any atom is -0.434 e. The molecule has 0 radical (unpaired) electrons. The van der Waals surface area contributed by atoms with Crippen LogP contribution in [0.1, 0.15) is 5.56 Å². The summed E-state index contributed by atoms with van der Waals surface area (Å²) < 4.78 is 30.6. The van der Waals surface area contributed by atoms with Gasteiger partial charge in [0.25, 0.3) is 5.56 Å². The molecule has 0 bridgehead atoms. The van der Waals surface area contributed by atoms with E-state index in [0.717, 1.165) is 0 Å². The van der Waals surface area contributed by atoms with Gasteiger partial charge in [-0.1, -0.05) is 18.2 Å². The van der Waals surface area contributed by atoms with Crippen LogP contribution in [0.3, 0.4) is 0 Å². The van der Waals surface area contributed by atoms with E-state index in [4.69, 9.17) is 0 Å². The third-order valence-corrected chi connectivity index (χ3v) is 3.50. The smallest absolute Gasteiger partial charge is 0.387 e. The zero-order valence-electron chi connectivity index (χ0n) is 11.0. The summed E-state index contributed by atoms with van der Waals surface area (Å²) >= 11 is 3.18. The molecule has 1 N–H and O–H groups in total. The van der Waals surface area contributed by atoms with Crippen molar-refractivity contribution in [1.82, 2.24) is 9.78 Å². The average Bonchev–Trinajstić information content (AvgIpc) is 2.45. The molecule has 0 spiro atoms. The van der Waals surface area contributed by atoms with Crippen LogP contribution in [0, 0.1) is 0 Å². The monoisotopic (exact) mass is 359 g/mol. The van der Waals surface area contributed by atoms with Gasteiger partial charge in [0.1, 0.15) is 10.2 Å². The Morgan fingerprint density at radius 2 is 2.14 bits per heavy atom. The maximum Gasteiger partial charge on any atom is 0.387 e. The average molecular weight is 360 g/mol. The van der Waals surface area contributed by atoms with Gasteiger partial charge in [-0.25, -0.2) is 4.68 Å². The first-order chi connectivity index (χ1) is 9.99. The summed E-state index contributed by atoms with van der Waals surface area (Å²) in [4.78, 5) is 11.7. The molecule has 0 saturated heterocycles. The Balaban J connectivity index is 2.17. The maximum absolute atomic E-state index is 12.3. The number of nitrogens with zero attached hydrogens (tertiary/aromatic N) is 2. The van der Waals surface area contributed by atoms with E-state index < -0.39 is 6.61 Å². The summed E-state index contributed by atoms with van der Waals surface area (Å²) in [6, 6.07) is 6.44. The summed E-state index contributed by atoms with van der Waals surface area (Å²) in [7, 11) is 1.53. The van der Waals surface area contributed by atoms with Gasteiger partial charge < -0.3 is 10.1 Å². The van der Waals surface area contributed by atoms with Crippen molar-refractivity contribution in [3.05, 3.63) is 50.9 Å². The van der Waals surface area contributed by atoms with Crippen LogP contribution in [-0.2, 0) is 13.6 Å². The van der Waals surface area contributed by atoms with Crippen molar-refractivity contribution < 1.29 is 13.5 Å². The Kier molecular flexibility index (Phi) is 4.89. The number of aromatic nitrogens is 2. The normalized spacial score (nSPS) is 10.7. The molecule has 5 nitrogen and oxygen atoms in total. The lowest BCUT2D eigenvalue weighted by atomic mass is 10.2. The fourth-order valence-electron chi connectivity index (χ4n) is 1.69. The number of alkyl halides is 2. The fraction of sp³-hybridized carbons (Fsp3) is 0.231. The van der Waals surface area contributed by atoms with Crippen LogP contribution in [0.4, 0.5) is 14.5 Å². The third-order valence-electron chi connectivity index (χ3n) is 2.74. The van der Waals surface area contributed by atoms with E-state index in [0.29, 0.717) is 15.7 Å². The SMILES string of the molecule is Cn1ncc(NCc2ccccc2OC(F)F)c(Br)c1=O. The number of rotatable bonds is 5. The Morgan fingerprint density at radius 3 is 2.86 bits per heavy atom. The summed E-state index contributed by atoms with van der Waals surface area (Å²) in [5.41, 5.74) is 0.729. The highest BCUT2D eigenvalue weighted by molar-refractivity contribution is 9.10. The van der Waals surface area contributed by atoms with Gasteiger partial charge >= 0.3 is 6.61 Å². The Bertz CT molecular complexity index is 691. The molecule has 1 aromatic heterocycles. The molecule has 0 aliphatic heterocycles. The highest BCUT2D eigenvalue weighted by atomic mass is 79.9. The van der Waals surface area contributed by atoms with Gasteiger partial charge in [-0.15, -0.1) is 0 Å². The predicted octanol–water partition coefficient (Wildman–Crippen LogP) is 2.76. The summed E-state index contributed by atoms with van der Waals surface area (Å²) in [5.74, 6) is 0.0907. The molecule has 112 valence electrons. The molecule has 0 saturated carbocycles. The number of hydrogen-bond donors (Lipinski definition) is 1. The fourth-order valence-corrected chi connectivity index (χ4v) is 2.18. The first-order valence-electron chi connectivity index (χ1n) is 5.97. The van der Waals surface area contributed by atoms with Crippen LogP contribution in [-0.4, -0.2) is 16.4 Å². The largest absolute Gasteiger partial charge is 0.434 e. The van der Waals surface area contributed by atoms with Crippen LogP contribution in [0.2, 0.25) is 0 Å². The van der Waals surface area contributed by atoms with E-state index in [1.54, 1.807) is 18.2 Å². The first-order valence-corrected chi connectivity index (χ1v) is 6.76. The van der Waals surface area contributed by atoms with E-state index in [2.05, 4.69) is 31.1 Å². The molecule has 0 amide bonds.